The van der Waals surface area contributed by atoms with Crippen LogP contribution in [0.25, 0.3) is 0 Å². The summed E-state index contributed by atoms with van der Waals surface area (Å²) in [5, 5.41) is 5.90. The summed E-state index contributed by atoms with van der Waals surface area (Å²) in [7, 11) is -1.74. The van der Waals surface area contributed by atoms with E-state index in [0.29, 0.717) is 18.5 Å². The van der Waals surface area contributed by atoms with Gasteiger partial charge in [0.1, 0.15) is 11.9 Å². The predicted octanol–water partition coefficient (Wildman–Crippen LogP) is 1.29. The molecule has 1 aromatic carbocycles. The molecule has 0 bridgehead atoms. The molecule has 1 aliphatic heterocycles. The lowest BCUT2D eigenvalue weighted by molar-refractivity contribution is -0.122. The number of amides is 1. The van der Waals surface area contributed by atoms with E-state index < -0.39 is 16.1 Å². The van der Waals surface area contributed by atoms with E-state index in [2.05, 4.69) is 20.3 Å². The van der Waals surface area contributed by atoms with E-state index in [4.69, 9.17) is 0 Å². The van der Waals surface area contributed by atoms with E-state index >= 15 is 0 Å². The number of nitrogens with zero attached hydrogens (tertiary/aromatic N) is 1. The minimum Gasteiger partial charge on any atom is -0.354 e. The molecule has 0 spiro atoms. The van der Waals surface area contributed by atoms with Crippen molar-refractivity contribution in [1.82, 2.24) is 15.4 Å². The summed E-state index contributed by atoms with van der Waals surface area (Å²) in [5.74, 6) is 0.318. The number of sulfonamides is 1. The van der Waals surface area contributed by atoms with Gasteiger partial charge in [0.15, 0.2) is 0 Å². The van der Waals surface area contributed by atoms with Gasteiger partial charge in [0.05, 0.1) is 4.90 Å². The lowest BCUT2D eigenvalue weighted by Gasteiger charge is -2.16. The van der Waals surface area contributed by atoms with Gasteiger partial charge >= 0.3 is 0 Å². The van der Waals surface area contributed by atoms with Crippen molar-refractivity contribution in [1.29, 1.82) is 0 Å². The Balaban J connectivity index is 0.00000338. The second-order valence-corrected chi connectivity index (χ2v) is 8.12. The highest BCUT2D eigenvalue weighted by Gasteiger charge is 2.31. The molecule has 146 valence electrons. The Labute approximate surface area is 161 Å². The van der Waals surface area contributed by atoms with E-state index in [1.807, 2.05) is 20.9 Å². The van der Waals surface area contributed by atoms with Crippen molar-refractivity contribution >= 4 is 34.2 Å². The first-order valence-electron chi connectivity index (χ1n) is 8.47. The molecule has 1 aliphatic rings. The standard InChI is InChI=1S/C17H26N4O3S.ClH/c1-12(2)11-14(17(22)19-10-6-9-18-3)20-16-13-7-4-5-8-15(13)25(23,24)21-16;/h4-5,7-8,12,14,18H,6,9-11H2,1-3H3,(H,19,22)(H,20,21);1H. The van der Waals surface area contributed by atoms with Crippen LogP contribution in [0.2, 0.25) is 0 Å². The normalized spacial score (nSPS) is 17.3. The molecule has 7 nitrogen and oxygen atoms in total. The summed E-state index contributed by atoms with van der Waals surface area (Å²) in [6, 6.07) is 6.03. The molecule has 0 saturated heterocycles. The average molecular weight is 403 g/mol. The van der Waals surface area contributed by atoms with Gasteiger partial charge in [-0.25, -0.2) is 8.42 Å². The van der Waals surface area contributed by atoms with Gasteiger partial charge in [-0.15, -0.1) is 12.4 Å². The van der Waals surface area contributed by atoms with Crippen LogP contribution in [-0.2, 0) is 14.8 Å². The first-order valence-corrected chi connectivity index (χ1v) is 9.96. The molecule has 1 amide bonds. The minimum atomic E-state index is -3.60. The number of halogens is 1. The smallest absolute Gasteiger partial charge is 0.263 e. The number of carbonyl (C=O) groups is 1. The van der Waals surface area contributed by atoms with Crippen LogP contribution in [0.15, 0.2) is 34.2 Å². The molecule has 1 heterocycles. The number of benzene rings is 1. The Morgan fingerprint density at radius 1 is 1.23 bits per heavy atom. The van der Waals surface area contributed by atoms with Crippen molar-refractivity contribution in [3.63, 3.8) is 0 Å². The van der Waals surface area contributed by atoms with Crippen LogP contribution < -0.4 is 15.4 Å². The molecular weight excluding hydrogens is 376 g/mol. The first-order chi connectivity index (χ1) is 11.8. The van der Waals surface area contributed by atoms with Gasteiger partial charge in [-0.1, -0.05) is 26.0 Å². The number of carbonyl (C=O) groups excluding carboxylic acids is 1. The topological polar surface area (TPSA) is 99.7 Å². The van der Waals surface area contributed by atoms with Gasteiger partial charge < -0.3 is 10.6 Å². The number of hydrogen-bond acceptors (Lipinski definition) is 5. The SMILES string of the molecule is CNCCCNC(=O)C(CC(C)C)N=C1NS(=O)(=O)c2ccccc21.Cl. The molecule has 1 aromatic rings. The molecule has 2 rings (SSSR count). The van der Waals surface area contributed by atoms with Crippen molar-refractivity contribution in [2.75, 3.05) is 20.1 Å². The molecule has 1 unspecified atom stereocenters. The molecule has 0 fully saturated rings. The van der Waals surface area contributed by atoms with Gasteiger partial charge in [-0.2, -0.15) is 0 Å². The fourth-order valence-electron chi connectivity index (χ4n) is 2.65. The molecule has 26 heavy (non-hydrogen) atoms. The maximum Gasteiger partial charge on any atom is 0.263 e. The lowest BCUT2D eigenvalue weighted by Crippen LogP contribution is -2.37. The van der Waals surface area contributed by atoms with Gasteiger partial charge in [0.25, 0.3) is 10.0 Å². The highest BCUT2D eigenvalue weighted by atomic mass is 35.5. The molecule has 3 N–H and O–H groups in total. The average Bonchev–Trinajstić information content (AvgIpc) is 2.81. The van der Waals surface area contributed by atoms with E-state index in [-0.39, 0.29) is 35.0 Å². The molecular formula is C17H27ClN4O3S. The van der Waals surface area contributed by atoms with E-state index in [1.165, 1.54) is 6.07 Å². The summed E-state index contributed by atoms with van der Waals surface area (Å²) in [5.41, 5.74) is 0.513. The maximum absolute atomic E-state index is 12.5. The summed E-state index contributed by atoms with van der Waals surface area (Å²) in [4.78, 5) is 17.1. The van der Waals surface area contributed by atoms with Crippen LogP contribution in [0, 0.1) is 5.92 Å². The second-order valence-electron chi connectivity index (χ2n) is 6.47. The Morgan fingerprint density at radius 2 is 1.92 bits per heavy atom. The van der Waals surface area contributed by atoms with Crippen LogP contribution >= 0.6 is 12.4 Å². The Kier molecular flexibility index (Phi) is 8.52. The van der Waals surface area contributed by atoms with Crippen LogP contribution in [0.5, 0.6) is 0 Å². The number of fused-ring (bicyclic) bond motifs is 1. The van der Waals surface area contributed by atoms with E-state index in [9.17, 15) is 13.2 Å². The molecule has 0 saturated carbocycles. The molecule has 9 heteroatoms. The third-order valence-electron chi connectivity index (χ3n) is 3.85. The fourth-order valence-corrected chi connectivity index (χ4v) is 3.88. The van der Waals surface area contributed by atoms with Crippen molar-refractivity contribution in [3.05, 3.63) is 29.8 Å². The number of hydrogen-bond donors (Lipinski definition) is 3. The van der Waals surface area contributed by atoms with Crippen LogP contribution in [0.3, 0.4) is 0 Å². The maximum atomic E-state index is 12.5. The highest BCUT2D eigenvalue weighted by Crippen LogP contribution is 2.23. The van der Waals surface area contributed by atoms with Gasteiger partial charge in [0.2, 0.25) is 5.91 Å². The Morgan fingerprint density at radius 3 is 2.58 bits per heavy atom. The monoisotopic (exact) mass is 402 g/mol. The minimum absolute atomic E-state index is 0. The molecule has 1 atom stereocenters. The predicted molar refractivity (Wildman–Crippen MR) is 105 cm³/mol. The Bertz CT molecular complexity index is 750. The van der Waals surface area contributed by atoms with Gasteiger partial charge in [-0.3, -0.25) is 14.5 Å². The van der Waals surface area contributed by atoms with Crippen LogP contribution in [0.4, 0.5) is 0 Å². The third kappa shape index (κ3) is 5.69. The van der Waals surface area contributed by atoms with Crippen molar-refractivity contribution in [3.8, 4) is 0 Å². The molecule has 0 aliphatic carbocycles. The zero-order chi connectivity index (χ0) is 18.4. The number of nitrogens with one attached hydrogen (secondary N) is 3. The van der Waals surface area contributed by atoms with Gasteiger partial charge in [-0.05, 0) is 44.5 Å². The quantitative estimate of drug-likeness (QED) is 0.570. The number of rotatable bonds is 8. The number of amidine groups is 1. The van der Waals surface area contributed by atoms with Gasteiger partial charge in [0, 0.05) is 12.1 Å². The third-order valence-corrected chi connectivity index (χ3v) is 5.24. The zero-order valence-electron chi connectivity index (χ0n) is 15.3. The second kappa shape index (κ2) is 9.89. The highest BCUT2D eigenvalue weighted by molar-refractivity contribution is 7.90. The van der Waals surface area contributed by atoms with Crippen molar-refractivity contribution in [2.45, 2.75) is 37.6 Å². The Hall–Kier alpha value is -1.64. The van der Waals surface area contributed by atoms with E-state index in [0.717, 1.165) is 13.0 Å². The summed E-state index contributed by atoms with van der Waals surface area (Å²) >= 11 is 0. The van der Waals surface area contributed by atoms with Crippen molar-refractivity contribution in [2.24, 2.45) is 10.9 Å². The number of aliphatic imine (C=N–C) groups is 1. The lowest BCUT2D eigenvalue weighted by atomic mass is 10.0. The summed E-state index contributed by atoms with van der Waals surface area (Å²) in [6.45, 7) is 5.39. The largest absolute Gasteiger partial charge is 0.354 e. The molecule has 0 aromatic heterocycles. The van der Waals surface area contributed by atoms with Crippen molar-refractivity contribution < 1.29 is 13.2 Å². The fraction of sp³-hybridized carbons (Fsp3) is 0.529. The van der Waals surface area contributed by atoms with Crippen LogP contribution in [-0.4, -0.2) is 46.3 Å². The summed E-state index contributed by atoms with van der Waals surface area (Å²) in [6.07, 6.45) is 1.37. The zero-order valence-corrected chi connectivity index (χ0v) is 16.9. The van der Waals surface area contributed by atoms with Crippen LogP contribution in [0.1, 0.15) is 32.3 Å². The first kappa shape index (κ1) is 22.4. The summed E-state index contributed by atoms with van der Waals surface area (Å²) < 4.78 is 26.8. The van der Waals surface area contributed by atoms with E-state index in [1.54, 1.807) is 18.2 Å². The molecule has 0 radical (unpaired) electrons.